The van der Waals surface area contributed by atoms with E-state index in [1.54, 1.807) is 11.3 Å². The number of ether oxygens (including phenoxy) is 1. The van der Waals surface area contributed by atoms with Crippen LogP contribution in [-0.4, -0.2) is 19.7 Å². The molecule has 2 unspecified atom stereocenters. The van der Waals surface area contributed by atoms with Gasteiger partial charge in [-0.25, -0.2) is 0 Å². The molecule has 16 heavy (non-hydrogen) atoms. The van der Waals surface area contributed by atoms with E-state index in [1.807, 2.05) is 11.4 Å². The summed E-state index contributed by atoms with van der Waals surface area (Å²) in [6.07, 6.45) is 2.66. The maximum atomic E-state index is 5.97. The van der Waals surface area contributed by atoms with Gasteiger partial charge in [0.1, 0.15) is 0 Å². The highest BCUT2D eigenvalue weighted by atomic mass is 35.5. The molecular weight excluding hydrogens is 242 g/mol. The Balaban J connectivity index is 2.04. The van der Waals surface area contributed by atoms with Gasteiger partial charge in [0.2, 0.25) is 0 Å². The van der Waals surface area contributed by atoms with Crippen LogP contribution in [-0.2, 0) is 4.74 Å². The van der Waals surface area contributed by atoms with E-state index in [2.05, 4.69) is 12.2 Å². The third-order valence-corrected chi connectivity index (χ3v) is 4.31. The Bertz CT molecular complexity index is 329. The molecule has 1 fully saturated rings. The molecule has 2 atom stereocenters. The van der Waals surface area contributed by atoms with Gasteiger partial charge >= 0.3 is 0 Å². The van der Waals surface area contributed by atoms with Crippen LogP contribution in [0, 0.1) is 5.92 Å². The lowest BCUT2D eigenvalue weighted by Crippen LogP contribution is -2.31. The first-order chi connectivity index (χ1) is 7.81. The molecule has 1 N–H and O–H groups in total. The van der Waals surface area contributed by atoms with E-state index in [-0.39, 0.29) is 6.10 Å². The summed E-state index contributed by atoms with van der Waals surface area (Å²) in [6.45, 7) is 5.08. The molecule has 2 heterocycles. The van der Waals surface area contributed by atoms with Gasteiger partial charge in [0.05, 0.1) is 11.1 Å². The van der Waals surface area contributed by atoms with Gasteiger partial charge in [-0.15, -0.1) is 11.3 Å². The maximum absolute atomic E-state index is 5.97. The Kier molecular flexibility index (Phi) is 4.65. The van der Waals surface area contributed by atoms with Crippen molar-refractivity contribution in [3.05, 3.63) is 21.3 Å². The lowest BCUT2D eigenvalue weighted by atomic mass is 9.93. The van der Waals surface area contributed by atoms with Crippen molar-refractivity contribution in [3.8, 4) is 0 Å². The first-order valence-electron chi connectivity index (χ1n) is 5.87. The van der Waals surface area contributed by atoms with Crippen molar-refractivity contribution in [2.45, 2.75) is 25.9 Å². The fraction of sp³-hybridized carbons (Fsp3) is 0.667. The number of hydrogen-bond donors (Lipinski definition) is 1. The topological polar surface area (TPSA) is 21.3 Å². The summed E-state index contributed by atoms with van der Waals surface area (Å²) in [4.78, 5) is 1.27. The van der Waals surface area contributed by atoms with Crippen molar-refractivity contribution in [3.63, 3.8) is 0 Å². The Morgan fingerprint density at radius 1 is 1.62 bits per heavy atom. The lowest BCUT2D eigenvalue weighted by Gasteiger charge is -2.31. The zero-order chi connectivity index (χ0) is 11.4. The van der Waals surface area contributed by atoms with Crippen LogP contribution in [0.5, 0.6) is 0 Å². The molecule has 2 nitrogen and oxygen atoms in total. The zero-order valence-electron chi connectivity index (χ0n) is 9.54. The molecule has 0 amide bonds. The van der Waals surface area contributed by atoms with Gasteiger partial charge in [0.25, 0.3) is 0 Å². The molecule has 2 rings (SSSR count). The average molecular weight is 260 g/mol. The minimum Gasteiger partial charge on any atom is -0.372 e. The van der Waals surface area contributed by atoms with Gasteiger partial charge in [0, 0.05) is 29.3 Å². The Hall–Kier alpha value is -0.0900. The number of nitrogens with one attached hydrogen (secondary N) is 1. The normalized spacial score (nSPS) is 25.9. The first-order valence-corrected chi connectivity index (χ1v) is 7.13. The summed E-state index contributed by atoms with van der Waals surface area (Å²) in [7, 11) is 0. The van der Waals surface area contributed by atoms with Crippen LogP contribution in [0.1, 0.15) is 30.7 Å². The molecular formula is C12H18ClNOS. The first kappa shape index (κ1) is 12.4. The van der Waals surface area contributed by atoms with Gasteiger partial charge in [-0.05, 0) is 25.5 Å². The fourth-order valence-electron chi connectivity index (χ4n) is 2.17. The molecule has 0 spiro atoms. The van der Waals surface area contributed by atoms with Crippen LogP contribution in [0.15, 0.2) is 11.4 Å². The second kappa shape index (κ2) is 6.01. The minimum absolute atomic E-state index is 0.241. The second-order valence-electron chi connectivity index (χ2n) is 4.17. The summed E-state index contributed by atoms with van der Waals surface area (Å²) in [6, 6.07) is 2.04. The van der Waals surface area contributed by atoms with E-state index in [0.29, 0.717) is 5.92 Å². The molecule has 0 aliphatic carbocycles. The van der Waals surface area contributed by atoms with E-state index >= 15 is 0 Å². The number of thiophene rings is 1. The van der Waals surface area contributed by atoms with Crippen molar-refractivity contribution < 1.29 is 4.74 Å². The van der Waals surface area contributed by atoms with E-state index in [4.69, 9.17) is 16.3 Å². The molecule has 1 aromatic heterocycles. The summed E-state index contributed by atoms with van der Waals surface area (Å²) in [5.74, 6) is 0.586. The zero-order valence-corrected chi connectivity index (χ0v) is 11.1. The molecule has 0 saturated carbocycles. The monoisotopic (exact) mass is 259 g/mol. The quantitative estimate of drug-likeness (QED) is 0.894. The Morgan fingerprint density at radius 2 is 2.50 bits per heavy atom. The SMILES string of the molecule is CCNCC1CCCOC1c1cc(Cl)cs1. The Morgan fingerprint density at radius 3 is 3.19 bits per heavy atom. The average Bonchev–Trinajstić information content (AvgIpc) is 2.73. The Labute approximate surface area is 106 Å². The van der Waals surface area contributed by atoms with Crippen LogP contribution in [0.3, 0.4) is 0 Å². The van der Waals surface area contributed by atoms with Crippen LogP contribution in [0.2, 0.25) is 5.02 Å². The van der Waals surface area contributed by atoms with E-state index < -0.39 is 0 Å². The highest BCUT2D eigenvalue weighted by Gasteiger charge is 2.28. The molecule has 90 valence electrons. The summed E-state index contributed by atoms with van der Waals surface area (Å²) in [5, 5.41) is 6.23. The van der Waals surface area contributed by atoms with Crippen LogP contribution in [0.25, 0.3) is 0 Å². The molecule has 1 aromatic rings. The molecule has 0 radical (unpaired) electrons. The van der Waals surface area contributed by atoms with E-state index in [1.165, 1.54) is 17.7 Å². The molecule has 0 aromatic carbocycles. The van der Waals surface area contributed by atoms with Gasteiger partial charge in [-0.2, -0.15) is 0 Å². The van der Waals surface area contributed by atoms with Crippen molar-refractivity contribution in [2.24, 2.45) is 5.92 Å². The predicted molar refractivity (Wildman–Crippen MR) is 69.3 cm³/mol. The largest absolute Gasteiger partial charge is 0.372 e. The van der Waals surface area contributed by atoms with Gasteiger partial charge in [-0.3, -0.25) is 0 Å². The third kappa shape index (κ3) is 2.98. The highest BCUT2D eigenvalue weighted by molar-refractivity contribution is 7.10. The molecule has 0 bridgehead atoms. The number of hydrogen-bond acceptors (Lipinski definition) is 3. The van der Waals surface area contributed by atoms with Crippen LogP contribution >= 0.6 is 22.9 Å². The third-order valence-electron chi connectivity index (χ3n) is 2.97. The standard InChI is InChI=1S/C12H18ClNOS/c1-2-14-7-9-4-3-5-15-12(9)11-6-10(13)8-16-11/h6,8-9,12,14H,2-5,7H2,1H3. The second-order valence-corrected chi connectivity index (χ2v) is 5.55. The fourth-order valence-corrected chi connectivity index (χ4v) is 3.40. The summed E-state index contributed by atoms with van der Waals surface area (Å²) >= 11 is 7.68. The summed E-state index contributed by atoms with van der Waals surface area (Å²) in [5.41, 5.74) is 0. The van der Waals surface area contributed by atoms with Crippen LogP contribution in [0.4, 0.5) is 0 Å². The predicted octanol–water partition coefficient (Wildman–Crippen LogP) is 3.48. The lowest BCUT2D eigenvalue weighted by molar-refractivity contribution is -0.0254. The van der Waals surface area contributed by atoms with E-state index in [9.17, 15) is 0 Å². The van der Waals surface area contributed by atoms with Gasteiger partial charge in [0.15, 0.2) is 0 Å². The van der Waals surface area contributed by atoms with E-state index in [0.717, 1.165) is 24.7 Å². The van der Waals surface area contributed by atoms with Crippen molar-refractivity contribution in [1.82, 2.24) is 5.32 Å². The van der Waals surface area contributed by atoms with Crippen molar-refractivity contribution in [2.75, 3.05) is 19.7 Å². The summed E-state index contributed by atoms with van der Waals surface area (Å²) < 4.78 is 5.90. The van der Waals surface area contributed by atoms with Gasteiger partial charge in [-0.1, -0.05) is 18.5 Å². The maximum Gasteiger partial charge on any atom is 0.0957 e. The smallest absolute Gasteiger partial charge is 0.0957 e. The van der Waals surface area contributed by atoms with Crippen LogP contribution < -0.4 is 5.32 Å². The number of rotatable bonds is 4. The number of halogens is 1. The minimum atomic E-state index is 0.241. The molecule has 1 aliphatic rings. The molecule has 4 heteroatoms. The van der Waals surface area contributed by atoms with Crippen molar-refractivity contribution >= 4 is 22.9 Å². The molecule has 1 saturated heterocycles. The van der Waals surface area contributed by atoms with Gasteiger partial charge < -0.3 is 10.1 Å². The highest BCUT2D eigenvalue weighted by Crippen LogP contribution is 2.37. The van der Waals surface area contributed by atoms with Crippen molar-refractivity contribution in [1.29, 1.82) is 0 Å². The molecule has 1 aliphatic heterocycles.